The fourth-order valence-corrected chi connectivity index (χ4v) is 4.34. The zero-order valence-corrected chi connectivity index (χ0v) is 22.4. The zero-order chi connectivity index (χ0) is 30.2. The number of nitrogens with zero attached hydrogens (tertiary/aromatic N) is 5. The number of alkyl halides is 7. The lowest BCUT2D eigenvalue weighted by atomic mass is 10.0. The lowest BCUT2D eigenvalue weighted by molar-refractivity contribution is -0.205. The van der Waals surface area contributed by atoms with Crippen LogP contribution >= 0.6 is 0 Å². The van der Waals surface area contributed by atoms with Crippen LogP contribution in [0.15, 0.2) is 30.6 Å². The van der Waals surface area contributed by atoms with Crippen LogP contribution in [0.1, 0.15) is 41.9 Å². The molecule has 4 rings (SSSR count). The maximum Gasteiger partial charge on any atom is 0.413 e. The van der Waals surface area contributed by atoms with Crippen molar-refractivity contribution >= 4 is 17.2 Å². The van der Waals surface area contributed by atoms with E-state index in [1.54, 1.807) is 19.2 Å². The van der Waals surface area contributed by atoms with Crippen LogP contribution in [-0.2, 0) is 12.0 Å². The Labute approximate surface area is 230 Å². The Balaban J connectivity index is 1.54. The summed E-state index contributed by atoms with van der Waals surface area (Å²) in [5.74, 6) is 4.64. The standard InChI is InChI=1S/C26H28F7N7O/c1-24(2,26(31,32)33)39-14-16(13-35-39)23(41)34-10-5-6-19-17(12-25(28,29)30)21-7-4-8-22(40(21)37-19)36-20-9-11-38(3)15-18(20)27/h4,7-8,13-14,18,20,36H,9-12,15H2,1-3H3,(H,34,41)/t18-,20+/m0/s1. The molecule has 0 spiro atoms. The summed E-state index contributed by atoms with van der Waals surface area (Å²) in [5, 5.41) is 13.3. The van der Waals surface area contributed by atoms with Crippen LogP contribution in [0, 0.1) is 11.8 Å². The van der Waals surface area contributed by atoms with Crippen LogP contribution in [-0.4, -0.2) is 81.4 Å². The van der Waals surface area contributed by atoms with Crippen molar-refractivity contribution in [2.75, 3.05) is 32.0 Å². The molecule has 15 heteroatoms. The van der Waals surface area contributed by atoms with E-state index in [1.165, 1.54) is 10.6 Å². The zero-order valence-electron chi connectivity index (χ0n) is 22.4. The summed E-state index contributed by atoms with van der Waals surface area (Å²) in [4.78, 5) is 14.2. The molecule has 3 aromatic heterocycles. The van der Waals surface area contributed by atoms with E-state index >= 15 is 0 Å². The first-order valence-corrected chi connectivity index (χ1v) is 12.6. The van der Waals surface area contributed by atoms with E-state index < -0.39 is 42.4 Å². The summed E-state index contributed by atoms with van der Waals surface area (Å²) >= 11 is 0. The van der Waals surface area contributed by atoms with Crippen molar-refractivity contribution in [2.45, 2.75) is 56.8 Å². The number of anilines is 1. The number of hydrogen-bond acceptors (Lipinski definition) is 5. The smallest absolute Gasteiger partial charge is 0.364 e. The van der Waals surface area contributed by atoms with E-state index in [0.717, 1.165) is 26.2 Å². The molecule has 0 bridgehead atoms. The SMILES string of the molecule is CN1CC[C@@H](Nc2cccc3c(CC(F)(F)F)c(C#CCNC(=O)c4cnn(C(C)(C)C(F)(F)F)c4)nn23)[C@@H](F)C1. The molecule has 1 fully saturated rings. The van der Waals surface area contributed by atoms with Gasteiger partial charge in [-0.25, -0.2) is 8.91 Å². The van der Waals surface area contributed by atoms with Crippen molar-refractivity contribution in [1.29, 1.82) is 0 Å². The second-order valence-corrected chi connectivity index (χ2v) is 10.4. The van der Waals surface area contributed by atoms with E-state index in [4.69, 9.17) is 0 Å². The molecule has 1 saturated heterocycles. The lowest BCUT2D eigenvalue weighted by Crippen LogP contribution is -2.46. The summed E-state index contributed by atoms with van der Waals surface area (Å²) in [6.45, 7) is 2.36. The van der Waals surface area contributed by atoms with E-state index in [-0.39, 0.29) is 35.4 Å². The quantitative estimate of drug-likeness (QED) is 0.335. The van der Waals surface area contributed by atoms with Crippen LogP contribution in [0.2, 0.25) is 0 Å². The summed E-state index contributed by atoms with van der Waals surface area (Å²) in [6, 6.07) is 4.02. The van der Waals surface area contributed by atoms with Gasteiger partial charge in [-0.05, 0) is 45.4 Å². The topological polar surface area (TPSA) is 79.5 Å². The molecule has 3 aromatic rings. The molecule has 0 saturated carbocycles. The number of piperidine rings is 1. The van der Waals surface area contributed by atoms with Crippen LogP contribution in [0.25, 0.3) is 5.52 Å². The molecule has 4 heterocycles. The van der Waals surface area contributed by atoms with Crippen molar-refractivity contribution in [3.63, 3.8) is 0 Å². The van der Waals surface area contributed by atoms with Crippen LogP contribution < -0.4 is 10.6 Å². The molecule has 0 unspecified atom stereocenters. The summed E-state index contributed by atoms with van der Waals surface area (Å²) in [6.07, 6.45) is -9.28. The molecule has 2 atom stereocenters. The van der Waals surface area contributed by atoms with Crippen LogP contribution in [0.5, 0.6) is 0 Å². The highest BCUT2D eigenvalue weighted by Gasteiger charge is 2.49. The third-order valence-corrected chi connectivity index (χ3v) is 6.87. The van der Waals surface area contributed by atoms with E-state index in [0.29, 0.717) is 23.5 Å². The maximum atomic E-state index is 14.6. The Kier molecular flexibility index (Phi) is 8.26. The van der Waals surface area contributed by atoms with Gasteiger partial charge in [0.2, 0.25) is 0 Å². The number of carbonyl (C=O) groups is 1. The summed E-state index contributed by atoms with van der Waals surface area (Å²) in [5.41, 5.74) is -2.72. The second kappa shape index (κ2) is 11.2. The normalized spacial score (nSPS) is 18.7. The number of fused-ring (bicyclic) bond motifs is 1. The maximum absolute atomic E-state index is 14.6. The third kappa shape index (κ3) is 6.75. The first-order valence-electron chi connectivity index (χ1n) is 12.6. The van der Waals surface area contributed by atoms with Gasteiger partial charge >= 0.3 is 12.4 Å². The molecule has 1 amide bonds. The predicted octanol–water partition coefficient (Wildman–Crippen LogP) is 4.17. The number of nitrogens with one attached hydrogen (secondary N) is 2. The van der Waals surface area contributed by atoms with Crippen molar-refractivity contribution in [2.24, 2.45) is 0 Å². The molecule has 8 nitrogen and oxygen atoms in total. The van der Waals surface area contributed by atoms with E-state index in [2.05, 4.69) is 32.7 Å². The van der Waals surface area contributed by atoms with Gasteiger partial charge in [0.25, 0.3) is 5.91 Å². The van der Waals surface area contributed by atoms with Gasteiger partial charge in [-0.15, -0.1) is 0 Å². The second-order valence-electron chi connectivity index (χ2n) is 10.4. The number of halogens is 7. The average molecular weight is 588 g/mol. The van der Waals surface area contributed by atoms with E-state index in [1.807, 2.05) is 4.90 Å². The fraction of sp³-hybridized carbons (Fsp3) is 0.500. The number of rotatable bonds is 6. The number of carbonyl (C=O) groups excluding carboxylic acids is 1. The highest BCUT2D eigenvalue weighted by molar-refractivity contribution is 5.93. The minimum Gasteiger partial charge on any atom is -0.364 e. The molecule has 0 aliphatic carbocycles. The Bertz CT molecular complexity index is 1460. The highest BCUT2D eigenvalue weighted by atomic mass is 19.4. The molecule has 0 aromatic carbocycles. The molecule has 0 radical (unpaired) electrons. The Hall–Kier alpha value is -3.80. The Morgan fingerprint density at radius 1 is 1.17 bits per heavy atom. The number of aromatic nitrogens is 4. The van der Waals surface area contributed by atoms with Gasteiger partial charge in [-0.1, -0.05) is 12.0 Å². The van der Waals surface area contributed by atoms with Gasteiger partial charge in [-0.2, -0.15) is 36.5 Å². The summed E-state index contributed by atoms with van der Waals surface area (Å²) in [7, 11) is 1.80. The number of likely N-dealkylation sites (tertiary alicyclic amines) is 1. The number of pyridine rings is 1. The molecular formula is C26H28F7N7O. The average Bonchev–Trinajstić information content (AvgIpc) is 3.49. The highest BCUT2D eigenvalue weighted by Crippen LogP contribution is 2.35. The van der Waals surface area contributed by atoms with Gasteiger partial charge in [0, 0.05) is 24.8 Å². The molecule has 41 heavy (non-hydrogen) atoms. The number of hydrogen-bond donors (Lipinski definition) is 2. The van der Waals surface area contributed by atoms with Gasteiger partial charge in [0.1, 0.15) is 17.7 Å². The predicted molar refractivity (Wildman–Crippen MR) is 136 cm³/mol. The van der Waals surface area contributed by atoms with Crippen molar-refractivity contribution in [3.8, 4) is 11.8 Å². The third-order valence-electron chi connectivity index (χ3n) is 6.87. The minimum atomic E-state index is -4.61. The molecule has 1 aliphatic rings. The van der Waals surface area contributed by atoms with Crippen molar-refractivity contribution in [3.05, 3.63) is 47.4 Å². The van der Waals surface area contributed by atoms with Crippen LogP contribution in [0.4, 0.5) is 36.6 Å². The monoisotopic (exact) mass is 587 g/mol. The van der Waals surface area contributed by atoms with Crippen molar-refractivity contribution in [1.82, 2.24) is 29.6 Å². The van der Waals surface area contributed by atoms with Gasteiger partial charge in [0.05, 0.1) is 36.3 Å². The molecular weight excluding hydrogens is 559 g/mol. The molecule has 1 aliphatic heterocycles. The lowest BCUT2D eigenvalue weighted by Gasteiger charge is -2.33. The summed E-state index contributed by atoms with van der Waals surface area (Å²) < 4.78 is 96.5. The first kappa shape index (κ1) is 30.2. The minimum absolute atomic E-state index is 0.142. The van der Waals surface area contributed by atoms with Crippen LogP contribution in [0.3, 0.4) is 0 Å². The Morgan fingerprint density at radius 3 is 2.56 bits per heavy atom. The van der Waals surface area contributed by atoms with E-state index in [9.17, 15) is 35.5 Å². The first-order chi connectivity index (χ1) is 19.1. The molecule has 222 valence electrons. The number of amides is 1. The molecule has 2 N–H and O–H groups in total. The largest absolute Gasteiger partial charge is 0.413 e. The van der Waals surface area contributed by atoms with Gasteiger partial charge in [-0.3, -0.25) is 9.48 Å². The van der Waals surface area contributed by atoms with Gasteiger partial charge in [0.15, 0.2) is 5.54 Å². The fourth-order valence-electron chi connectivity index (χ4n) is 4.34. The Morgan fingerprint density at radius 2 is 1.90 bits per heavy atom. The van der Waals surface area contributed by atoms with Gasteiger partial charge < -0.3 is 15.5 Å². The van der Waals surface area contributed by atoms with Crippen molar-refractivity contribution < 1.29 is 35.5 Å².